The van der Waals surface area contributed by atoms with E-state index in [1.807, 2.05) is 0 Å². The van der Waals surface area contributed by atoms with Gasteiger partial charge in [0.15, 0.2) is 0 Å². The first-order valence-electron chi connectivity index (χ1n) is 4.82. The number of benzene rings is 1. The average molecular weight is 241 g/mol. The highest BCUT2D eigenvalue weighted by molar-refractivity contribution is 6.31. The van der Waals surface area contributed by atoms with Crippen molar-refractivity contribution < 1.29 is 19.4 Å². The number of carbonyl (C=O) groups excluding carboxylic acids is 1. The van der Waals surface area contributed by atoms with Gasteiger partial charge in [-0.1, -0.05) is 11.6 Å². The van der Waals surface area contributed by atoms with Crippen LogP contribution in [-0.4, -0.2) is 17.0 Å². The molecule has 1 aliphatic rings. The van der Waals surface area contributed by atoms with E-state index in [2.05, 4.69) is 0 Å². The lowest BCUT2D eigenvalue weighted by molar-refractivity contribution is -0.135. The van der Waals surface area contributed by atoms with Crippen LogP contribution in [0.2, 0.25) is 5.02 Å². The highest BCUT2D eigenvalue weighted by Gasteiger charge is 2.32. The van der Waals surface area contributed by atoms with E-state index in [9.17, 15) is 9.59 Å². The maximum atomic E-state index is 11.4. The summed E-state index contributed by atoms with van der Waals surface area (Å²) in [5, 5.41) is 9.20. The Morgan fingerprint density at radius 2 is 2.06 bits per heavy atom. The van der Waals surface area contributed by atoms with E-state index in [0.717, 1.165) is 12.8 Å². The van der Waals surface area contributed by atoms with Crippen molar-refractivity contribution in [3.63, 3.8) is 0 Å². The Bertz CT molecular complexity index is 451. The van der Waals surface area contributed by atoms with Crippen LogP contribution in [0.15, 0.2) is 18.2 Å². The highest BCUT2D eigenvalue weighted by Crippen LogP contribution is 2.32. The van der Waals surface area contributed by atoms with Crippen molar-refractivity contribution in [2.45, 2.75) is 12.8 Å². The average Bonchev–Trinajstić information content (AvgIpc) is 3.03. The van der Waals surface area contributed by atoms with Crippen LogP contribution in [0.4, 0.5) is 0 Å². The molecule has 4 nitrogen and oxygen atoms in total. The number of ether oxygens (including phenoxy) is 1. The van der Waals surface area contributed by atoms with Crippen molar-refractivity contribution in [1.82, 2.24) is 0 Å². The fourth-order valence-corrected chi connectivity index (χ4v) is 1.44. The van der Waals surface area contributed by atoms with Gasteiger partial charge in [0.2, 0.25) is 0 Å². The molecule has 0 atom stereocenters. The molecule has 0 unspecified atom stereocenters. The van der Waals surface area contributed by atoms with Crippen LogP contribution in [0.25, 0.3) is 0 Å². The zero-order valence-electron chi connectivity index (χ0n) is 8.27. The number of rotatable bonds is 3. The quantitative estimate of drug-likeness (QED) is 0.651. The summed E-state index contributed by atoms with van der Waals surface area (Å²) in [7, 11) is 0. The van der Waals surface area contributed by atoms with Gasteiger partial charge in [-0.3, -0.25) is 4.79 Å². The molecule has 1 aromatic carbocycles. The fraction of sp³-hybridized carbons (Fsp3) is 0.273. The normalized spacial score (nSPS) is 14.6. The molecule has 1 aromatic rings. The second-order valence-corrected chi connectivity index (χ2v) is 4.08. The molecule has 0 radical (unpaired) electrons. The highest BCUT2D eigenvalue weighted by atomic mass is 35.5. The van der Waals surface area contributed by atoms with Crippen LogP contribution in [0.3, 0.4) is 0 Å². The van der Waals surface area contributed by atoms with Gasteiger partial charge in [0.25, 0.3) is 0 Å². The number of hydrogen-bond acceptors (Lipinski definition) is 3. The van der Waals surface area contributed by atoms with Crippen LogP contribution in [0, 0.1) is 5.92 Å². The number of carboxylic acids is 1. The van der Waals surface area contributed by atoms with Crippen molar-refractivity contribution in [3.8, 4) is 5.75 Å². The number of hydrogen-bond donors (Lipinski definition) is 1. The molecule has 0 bridgehead atoms. The van der Waals surface area contributed by atoms with Crippen LogP contribution < -0.4 is 4.74 Å². The Morgan fingerprint density at radius 1 is 1.38 bits per heavy atom. The first-order chi connectivity index (χ1) is 7.58. The van der Waals surface area contributed by atoms with Crippen molar-refractivity contribution in [1.29, 1.82) is 0 Å². The minimum atomic E-state index is -1.17. The maximum absolute atomic E-state index is 11.4. The molecule has 16 heavy (non-hydrogen) atoms. The summed E-state index contributed by atoms with van der Waals surface area (Å²) in [6.07, 6.45) is 1.63. The molecule has 5 heteroatoms. The van der Waals surface area contributed by atoms with Crippen LogP contribution in [0.1, 0.15) is 23.2 Å². The summed E-state index contributed by atoms with van der Waals surface area (Å²) in [5.74, 6) is -1.56. The van der Waals surface area contributed by atoms with Crippen LogP contribution in [-0.2, 0) is 4.79 Å². The predicted molar refractivity (Wildman–Crippen MR) is 56.8 cm³/mol. The molecular weight excluding hydrogens is 232 g/mol. The van der Waals surface area contributed by atoms with E-state index < -0.39 is 5.97 Å². The third-order valence-electron chi connectivity index (χ3n) is 2.29. The molecule has 0 aromatic heterocycles. The van der Waals surface area contributed by atoms with Crippen LogP contribution in [0.5, 0.6) is 5.75 Å². The van der Waals surface area contributed by atoms with Gasteiger partial charge in [-0.25, -0.2) is 4.79 Å². The largest absolute Gasteiger partial charge is 0.478 e. The third-order valence-corrected chi connectivity index (χ3v) is 2.53. The number of esters is 1. The molecular formula is C11H9ClO4. The monoisotopic (exact) mass is 240 g/mol. The molecule has 0 heterocycles. The zero-order chi connectivity index (χ0) is 11.7. The summed E-state index contributed by atoms with van der Waals surface area (Å²) >= 11 is 5.67. The van der Waals surface area contributed by atoms with E-state index in [-0.39, 0.29) is 23.2 Å². The molecule has 0 saturated heterocycles. The molecule has 84 valence electrons. The number of carboxylic acid groups (broad SMARTS) is 1. The SMILES string of the molecule is O=C(O)c1cc(Cl)ccc1OC(=O)C1CC1. The lowest BCUT2D eigenvalue weighted by atomic mass is 10.2. The standard InChI is InChI=1S/C11H9ClO4/c12-7-3-4-9(8(5-7)10(13)14)16-11(15)6-1-2-6/h3-6H,1-2H2,(H,13,14). The molecule has 1 N–H and O–H groups in total. The molecule has 1 saturated carbocycles. The van der Waals surface area contributed by atoms with Crippen molar-refractivity contribution in [2.24, 2.45) is 5.92 Å². The predicted octanol–water partition coefficient (Wildman–Crippen LogP) is 2.35. The van der Waals surface area contributed by atoms with Crippen molar-refractivity contribution in [3.05, 3.63) is 28.8 Å². The Hall–Kier alpha value is -1.55. The van der Waals surface area contributed by atoms with Gasteiger partial charge < -0.3 is 9.84 Å². The molecule has 2 rings (SSSR count). The topological polar surface area (TPSA) is 63.6 Å². The third kappa shape index (κ3) is 2.33. The number of carbonyl (C=O) groups is 2. The van der Waals surface area contributed by atoms with E-state index in [0.29, 0.717) is 5.02 Å². The lowest BCUT2D eigenvalue weighted by Gasteiger charge is -2.06. The minimum absolute atomic E-state index is 0.0498. The fourth-order valence-electron chi connectivity index (χ4n) is 1.27. The molecule has 0 aliphatic heterocycles. The number of aromatic carboxylic acids is 1. The van der Waals surface area contributed by atoms with E-state index in [1.54, 1.807) is 0 Å². The Labute approximate surface area is 96.8 Å². The van der Waals surface area contributed by atoms with Crippen molar-refractivity contribution >= 4 is 23.5 Å². The lowest BCUT2D eigenvalue weighted by Crippen LogP contribution is -2.12. The smallest absolute Gasteiger partial charge is 0.339 e. The molecule has 1 aliphatic carbocycles. The van der Waals surface area contributed by atoms with Gasteiger partial charge in [-0.15, -0.1) is 0 Å². The van der Waals surface area contributed by atoms with Gasteiger partial charge in [0.05, 0.1) is 5.92 Å². The molecule has 0 amide bonds. The summed E-state index contributed by atoms with van der Waals surface area (Å²) in [6.45, 7) is 0. The first-order valence-corrected chi connectivity index (χ1v) is 5.20. The van der Waals surface area contributed by atoms with Gasteiger partial charge in [-0.05, 0) is 31.0 Å². The van der Waals surface area contributed by atoms with E-state index >= 15 is 0 Å². The second-order valence-electron chi connectivity index (χ2n) is 3.64. The summed E-state index contributed by atoms with van der Waals surface area (Å²) in [4.78, 5) is 22.3. The second kappa shape index (κ2) is 4.14. The Kier molecular flexibility index (Phi) is 2.83. The molecule has 0 spiro atoms. The van der Waals surface area contributed by atoms with E-state index in [1.165, 1.54) is 18.2 Å². The van der Waals surface area contributed by atoms with Gasteiger partial charge in [-0.2, -0.15) is 0 Å². The summed E-state index contributed by atoms with van der Waals surface area (Å²) in [5.41, 5.74) is -0.0958. The summed E-state index contributed by atoms with van der Waals surface area (Å²) < 4.78 is 5.01. The minimum Gasteiger partial charge on any atom is -0.478 e. The van der Waals surface area contributed by atoms with Crippen LogP contribution >= 0.6 is 11.6 Å². The Morgan fingerprint density at radius 3 is 2.62 bits per heavy atom. The Balaban J connectivity index is 2.24. The van der Waals surface area contributed by atoms with Gasteiger partial charge in [0.1, 0.15) is 11.3 Å². The summed E-state index contributed by atoms with van der Waals surface area (Å²) in [6, 6.07) is 4.15. The molecule has 1 fully saturated rings. The zero-order valence-corrected chi connectivity index (χ0v) is 9.03. The number of halogens is 1. The van der Waals surface area contributed by atoms with Gasteiger partial charge in [0, 0.05) is 5.02 Å². The first kappa shape index (κ1) is 11.0. The van der Waals surface area contributed by atoms with Gasteiger partial charge >= 0.3 is 11.9 Å². The van der Waals surface area contributed by atoms with Crippen molar-refractivity contribution in [2.75, 3.05) is 0 Å². The van der Waals surface area contributed by atoms with E-state index in [4.69, 9.17) is 21.4 Å². The maximum Gasteiger partial charge on any atom is 0.339 e.